The van der Waals surface area contributed by atoms with Gasteiger partial charge in [-0.3, -0.25) is 4.79 Å². The number of anilines is 1. The van der Waals surface area contributed by atoms with Crippen LogP contribution in [0.2, 0.25) is 0 Å². The van der Waals surface area contributed by atoms with E-state index in [1.165, 1.54) is 11.0 Å². The number of fused-ring (bicyclic) bond motifs is 1. The molecule has 0 unspecified atom stereocenters. The lowest BCUT2D eigenvalue weighted by atomic mass is 10.0. The predicted octanol–water partition coefficient (Wildman–Crippen LogP) is 3.88. The Morgan fingerprint density at radius 3 is 2.70 bits per heavy atom. The van der Waals surface area contributed by atoms with Gasteiger partial charge in [-0.25, -0.2) is 8.78 Å². The van der Waals surface area contributed by atoms with E-state index in [0.717, 1.165) is 18.2 Å². The van der Waals surface area contributed by atoms with Crippen LogP contribution in [0.3, 0.4) is 0 Å². The Kier molecular flexibility index (Phi) is 3.86. The van der Waals surface area contributed by atoms with Gasteiger partial charge in [0.2, 0.25) is 0 Å². The van der Waals surface area contributed by atoms with Crippen molar-refractivity contribution in [3.05, 3.63) is 59.2 Å². The molecule has 1 aliphatic rings. The van der Waals surface area contributed by atoms with Gasteiger partial charge >= 0.3 is 0 Å². The summed E-state index contributed by atoms with van der Waals surface area (Å²) in [6.07, 6.45) is 1.38. The van der Waals surface area contributed by atoms with Gasteiger partial charge in [-0.1, -0.05) is 0 Å². The van der Waals surface area contributed by atoms with Crippen molar-refractivity contribution in [1.82, 2.24) is 0 Å². The second kappa shape index (κ2) is 5.83. The molecule has 0 aliphatic carbocycles. The first kappa shape index (κ1) is 15.2. The van der Waals surface area contributed by atoms with Crippen LogP contribution in [-0.2, 0) is 4.79 Å². The molecule has 1 amide bonds. The molecule has 3 nitrogen and oxygen atoms in total. The highest BCUT2D eigenvalue weighted by Crippen LogP contribution is 2.39. The maximum Gasteiger partial charge on any atom is 0.258 e. The van der Waals surface area contributed by atoms with Crippen LogP contribution >= 0.6 is 0 Å². The lowest BCUT2D eigenvalue weighted by Gasteiger charge is -2.10. The van der Waals surface area contributed by atoms with Crippen molar-refractivity contribution in [1.29, 1.82) is 0 Å². The summed E-state index contributed by atoms with van der Waals surface area (Å²) >= 11 is 0. The molecule has 0 fully saturated rings. The normalized spacial score (nSPS) is 15.2. The average Bonchev–Trinajstić information content (AvgIpc) is 2.76. The van der Waals surface area contributed by atoms with Gasteiger partial charge in [-0.05, 0) is 43.3 Å². The lowest BCUT2D eigenvalue weighted by molar-refractivity contribution is -0.112. The molecule has 0 radical (unpaired) electrons. The summed E-state index contributed by atoms with van der Waals surface area (Å²) < 4.78 is 32.6. The molecular formula is C18H15F2NO2. The van der Waals surface area contributed by atoms with Gasteiger partial charge in [0.1, 0.15) is 17.4 Å². The Bertz CT molecular complexity index is 815. The van der Waals surface area contributed by atoms with Gasteiger partial charge in [0.15, 0.2) is 0 Å². The van der Waals surface area contributed by atoms with Crippen LogP contribution in [0.4, 0.5) is 14.5 Å². The van der Waals surface area contributed by atoms with E-state index < -0.39 is 11.6 Å². The van der Waals surface area contributed by atoms with Crippen LogP contribution in [0.1, 0.15) is 18.1 Å². The molecule has 3 rings (SSSR count). The smallest absolute Gasteiger partial charge is 0.258 e. The van der Waals surface area contributed by atoms with Crippen molar-refractivity contribution in [2.45, 2.75) is 6.92 Å². The number of likely N-dealkylation sites (N-methyl/N-ethyl adjacent to an activating group) is 1. The Balaban J connectivity index is 2.10. The van der Waals surface area contributed by atoms with Gasteiger partial charge in [-0.2, -0.15) is 0 Å². The molecule has 0 atom stereocenters. The largest absolute Gasteiger partial charge is 0.494 e. The van der Waals surface area contributed by atoms with E-state index in [-0.39, 0.29) is 11.5 Å². The Morgan fingerprint density at radius 2 is 1.96 bits per heavy atom. The molecule has 2 aromatic carbocycles. The third-order valence-corrected chi connectivity index (χ3v) is 3.72. The minimum atomic E-state index is -0.575. The third-order valence-electron chi connectivity index (χ3n) is 3.72. The van der Waals surface area contributed by atoms with Crippen LogP contribution in [0.5, 0.6) is 5.75 Å². The van der Waals surface area contributed by atoms with Crippen molar-refractivity contribution >= 4 is 23.2 Å². The topological polar surface area (TPSA) is 29.5 Å². The summed E-state index contributed by atoms with van der Waals surface area (Å²) in [5, 5.41) is 0. The fourth-order valence-electron chi connectivity index (χ4n) is 2.60. The first-order valence-electron chi connectivity index (χ1n) is 7.23. The maximum absolute atomic E-state index is 13.8. The van der Waals surface area contributed by atoms with Gasteiger partial charge < -0.3 is 9.64 Å². The first-order chi connectivity index (χ1) is 11.0. The number of amides is 1. The molecule has 0 aromatic heterocycles. The SMILES string of the molecule is CCOc1ccc2c(c1)N(C)C(=O)C2=Cc1cc(F)ccc1F. The van der Waals surface area contributed by atoms with Crippen molar-refractivity contribution in [2.24, 2.45) is 0 Å². The highest BCUT2D eigenvalue weighted by Gasteiger charge is 2.30. The summed E-state index contributed by atoms with van der Waals surface area (Å²) in [5.74, 6) is -0.737. The number of carbonyl (C=O) groups is 1. The molecule has 23 heavy (non-hydrogen) atoms. The van der Waals surface area contributed by atoms with E-state index in [4.69, 9.17) is 4.74 Å². The van der Waals surface area contributed by atoms with Crippen molar-refractivity contribution in [3.63, 3.8) is 0 Å². The standard InChI is InChI=1S/C18H15F2NO2/c1-3-23-13-5-6-14-15(18(22)21(2)17(14)10-13)9-11-8-12(19)4-7-16(11)20/h4-10H,3H2,1-2H3. The molecule has 0 saturated carbocycles. The Hall–Kier alpha value is -2.69. The third kappa shape index (κ3) is 2.70. The number of ether oxygens (including phenoxy) is 1. The second-order valence-corrected chi connectivity index (χ2v) is 5.20. The fourth-order valence-corrected chi connectivity index (χ4v) is 2.60. The summed E-state index contributed by atoms with van der Waals surface area (Å²) in [6.45, 7) is 2.40. The number of carbonyl (C=O) groups excluding carboxylic acids is 1. The minimum Gasteiger partial charge on any atom is -0.494 e. The van der Waals surface area contributed by atoms with E-state index in [1.807, 2.05) is 6.92 Å². The van der Waals surface area contributed by atoms with E-state index in [1.54, 1.807) is 25.2 Å². The Labute approximate surface area is 132 Å². The number of benzene rings is 2. The van der Waals surface area contributed by atoms with Crippen molar-refractivity contribution in [3.8, 4) is 5.75 Å². The van der Waals surface area contributed by atoms with Crippen LogP contribution in [0.25, 0.3) is 11.6 Å². The minimum absolute atomic E-state index is 0.0449. The van der Waals surface area contributed by atoms with Crippen molar-refractivity contribution in [2.75, 3.05) is 18.6 Å². The van der Waals surface area contributed by atoms with E-state index in [0.29, 0.717) is 29.2 Å². The molecule has 1 aliphatic heterocycles. The fraction of sp³-hybridized carbons (Fsp3) is 0.167. The summed E-state index contributed by atoms with van der Waals surface area (Å²) in [6, 6.07) is 8.43. The van der Waals surface area contributed by atoms with Gasteiger partial charge in [0, 0.05) is 29.8 Å². The second-order valence-electron chi connectivity index (χ2n) is 5.20. The summed E-state index contributed by atoms with van der Waals surface area (Å²) in [7, 11) is 1.64. The maximum atomic E-state index is 13.8. The Morgan fingerprint density at radius 1 is 1.17 bits per heavy atom. The number of hydrogen-bond acceptors (Lipinski definition) is 2. The van der Waals surface area contributed by atoms with E-state index in [9.17, 15) is 13.6 Å². The zero-order chi connectivity index (χ0) is 16.6. The lowest BCUT2D eigenvalue weighted by Crippen LogP contribution is -2.20. The number of halogens is 2. The van der Waals surface area contributed by atoms with Gasteiger partial charge in [0.25, 0.3) is 5.91 Å². The molecule has 1 heterocycles. The molecule has 5 heteroatoms. The van der Waals surface area contributed by atoms with E-state index >= 15 is 0 Å². The van der Waals surface area contributed by atoms with Crippen LogP contribution in [0.15, 0.2) is 36.4 Å². The van der Waals surface area contributed by atoms with Gasteiger partial charge in [0.05, 0.1) is 12.3 Å². The van der Waals surface area contributed by atoms with Crippen LogP contribution < -0.4 is 9.64 Å². The molecule has 118 valence electrons. The zero-order valence-corrected chi connectivity index (χ0v) is 12.8. The monoisotopic (exact) mass is 315 g/mol. The molecule has 2 aromatic rings. The number of hydrogen-bond donors (Lipinski definition) is 0. The molecular weight excluding hydrogens is 300 g/mol. The van der Waals surface area contributed by atoms with Crippen LogP contribution in [0, 0.1) is 11.6 Å². The highest BCUT2D eigenvalue weighted by molar-refractivity contribution is 6.35. The highest BCUT2D eigenvalue weighted by atomic mass is 19.1. The van der Waals surface area contributed by atoms with Crippen LogP contribution in [-0.4, -0.2) is 19.6 Å². The predicted molar refractivity (Wildman–Crippen MR) is 85.3 cm³/mol. The average molecular weight is 315 g/mol. The van der Waals surface area contributed by atoms with Gasteiger partial charge in [-0.15, -0.1) is 0 Å². The molecule has 0 bridgehead atoms. The quantitative estimate of drug-likeness (QED) is 0.805. The van der Waals surface area contributed by atoms with E-state index in [2.05, 4.69) is 0 Å². The summed E-state index contributed by atoms with van der Waals surface area (Å²) in [5.41, 5.74) is 1.73. The van der Waals surface area contributed by atoms with Crippen molar-refractivity contribution < 1.29 is 18.3 Å². The first-order valence-corrected chi connectivity index (χ1v) is 7.23. The summed E-state index contributed by atoms with van der Waals surface area (Å²) in [4.78, 5) is 13.9. The zero-order valence-electron chi connectivity index (χ0n) is 12.8. The number of nitrogens with zero attached hydrogens (tertiary/aromatic N) is 1. The molecule has 0 spiro atoms. The molecule has 0 N–H and O–H groups in total. The molecule has 0 saturated heterocycles. The number of rotatable bonds is 3.